The van der Waals surface area contributed by atoms with Crippen LogP contribution in [0.25, 0.3) is 123 Å². The number of benzene rings is 10. The van der Waals surface area contributed by atoms with E-state index in [0.29, 0.717) is 17.6 Å². The largest absolute Gasteiger partial charge is 0.309 e. The molecule has 3 heterocycles. The second kappa shape index (κ2) is 17.3. The molecule has 13 aromatic rings. The molecule has 72 heavy (non-hydrogen) atoms. The van der Waals surface area contributed by atoms with Crippen LogP contribution in [-0.4, -0.2) is 24.1 Å². The third-order valence-corrected chi connectivity index (χ3v) is 14.2. The van der Waals surface area contributed by atoms with Crippen molar-refractivity contribution in [2.45, 2.75) is 26.2 Å². The molecule has 0 bridgehead atoms. The summed E-state index contributed by atoms with van der Waals surface area (Å²) in [6, 6.07) is 86.9. The van der Waals surface area contributed by atoms with Crippen molar-refractivity contribution in [1.82, 2.24) is 24.1 Å². The molecule has 0 amide bonds. The SMILES string of the molecule is CC(C)(C)c1cccc(-c2nc(-c3ccccc3-n3c4ccc(-c5ccccc5)cc4c4cc(-c5ccccc5)ccc43)nc(-n3c4ccc(-c5ccccc5)cc4c4cc(-c5ccccc5)ccc43)n2)c1. The Balaban J connectivity index is 1.07. The number of rotatable bonds is 8. The predicted octanol–water partition coefficient (Wildman–Crippen LogP) is 17.4. The van der Waals surface area contributed by atoms with Crippen LogP contribution in [0.4, 0.5) is 0 Å². The molecule has 10 aromatic carbocycles. The number of fused-ring (bicyclic) bond motifs is 6. The van der Waals surface area contributed by atoms with Gasteiger partial charge < -0.3 is 4.57 Å². The highest BCUT2D eigenvalue weighted by atomic mass is 15.2. The molecule has 0 atom stereocenters. The van der Waals surface area contributed by atoms with Gasteiger partial charge in [0.1, 0.15) is 0 Å². The minimum absolute atomic E-state index is 0.0850. The highest BCUT2D eigenvalue weighted by molar-refractivity contribution is 6.13. The summed E-state index contributed by atoms with van der Waals surface area (Å²) in [4.78, 5) is 16.5. The van der Waals surface area contributed by atoms with Gasteiger partial charge in [-0.2, -0.15) is 9.97 Å². The van der Waals surface area contributed by atoms with Gasteiger partial charge in [-0.15, -0.1) is 0 Å². The van der Waals surface area contributed by atoms with Crippen LogP contribution in [0.1, 0.15) is 26.3 Å². The van der Waals surface area contributed by atoms with Crippen molar-refractivity contribution in [2.24, 2.45) is 0 Å². The van der Waals surface area contributed by atoms with Gasteiger partial charge in [-0.1, -0.05) is 197 Å². The fraction of sp³-hybridized carbons (Fsp3) is 0.0597. The number of nitrogens with zero attached hydrogens (tertiary/aromatic N) is 5. The second-order valence-electron chi connectivity index (χ2n) is 19.7. The number of para-hydroxylation sites is 1. The molecule has 5 heteroatoms. The van der Waals surface area contributed by atoms with E-state index in [0.717, 1.165) is 71.9 Å². The van der Waals surface area contributed by atoms with Crippen LogP contribution >= 0.6 is 0 Å². The molecule has 5 nitrogen and oxygen atoms in total. The van der Waals surface area contributed by atoms with Crippen LogP contribution in [0, 0.1) is 0 Å². The van der Waals surface area contributed by atoms with Gasteiger partial charge in [0.05, 0.1) is 27.8 Å². The topological polar surface area (TPSA) is 48.5 Å². The summed E-state index contributed by atoms with van der Waals surface area (Å²) in [5.74, 6) is 1.74. The van der Waals surface area contributed by atoms with E-state index < -0.39 is 0 Å². The maximum absolute atomic E-state index is 5.57. The first-order valence-corrected chi connectivity index (χ1v) is 24.7. The molecule has 0 saturated heterocycles. The molecule has 0 spiro atoms. The lowest BCUT2D eigenvalue weighted by atomic mass is 9.86. The zero-order chi connectivity index (χ0) is 48.3. The van der Waals surface area contributed by atoms with Gasteiger partial charge >= 0.3 is 0 Å². The van der Waals surface area contributed by atoms with Crippen molar-refractivity contribution in [3.05, 3.63) is 248 Å². The van der Waals surface area contributed by atoms with Crippen molar-refractivity contribution in [2.75, 3.05) is 0 Å². The third kappa shape index (κ3) is 7.54. The van der Waals surface area contributed by atoms with E-state index >= 15 is 0 Å². The van der Waals surface area contributed by atoms with E-state index in [4.69, 9.17) is 15.0 Å². The van der Waals surface area contributed by atoms with Gasteiger partial charge in [0.2, 0.25) is 5.95 Å². The van der Waals surface area contributed by atoms with Crippen LogP contribution in [0.2, 0.25) is 0 Å². The summed E-state index contributed by atoms with van der Waals surface area (Å²) in [6.07, 6.45) is 0. The summed E-state index contributed by atoms with van der Waals surface area (Å²) in [6.45, 7) is 6.74. The smallest absolute Gasteiger partial charge is 0.238 e. The van der Waals surface area contributed by atoms with Crippen LogP contribution in [-0.2, 0) is 5.41 Å². The average molecular weight is 924 g/mol. The van der Waals surface area contributed by atoms with Crippen molar-refractivity contribution in [1.29, 1.82) is 0 Å². The monoisotopic (exact) mass is 923 g/mol. The molecule has 0 fully saturated rings. The molecule has 0 aliphatic heterocycles. The van der Waals surface area contributed by atoms with E-state index in [2.05, 4.69) is 273 Å². The average Bonchev–Trinajstić information content (AvgIpc) is 3.95. The Kier molecular flexibility index (Phi) is 10.3. The third-order valence-electron chi connectivity index (χ3n) is 14.2. The zero-order valence-electron chi connectivity index (χ0n) is 40.3. The first-order chi connectivity index (χ1) is 35.3. The van der Waals surface area contributed by atoms with Crippen molar-refractivity contribution in [3.8, 4) is 78.9 Å². The van der Waals surface area contributed by atoms with Crippen molar-refractivity contribution < 1.29 is 0 Å². The van der Waals surface area contributed by atoms with E-state index in [1.807, 2.05) is 0 Å². The quantitative estimate of drug-likeness (QED) is 0.153. The summed E-state index contributed by atoms with van der Waals surface area (Å²) < 4.78 is 4.62. The van der Waals surface area contributed by atoms with Crippen LogP contribution in [0.3, 0.4) is 0 Å². The minimum atomic E-state index is -0.0850. The lowest BCUT2D eigenvalue weighted by Gasteiger charge is -2.20. The second-order valence-corrected chi connectivity index (χ2v) is 19.7. The minimum Gasteiger partial charge on any atom is -0.309 e. The maximum Gasteiger partial charge on any atom is 0.238 e. The molecule has 13 rings (SSSR count). The van der Waals surface area contributed by atoms with Crippen LogP contribution < -0.4 is 0 Å². The normalized spacial score (nSPS) is 11.8. The number of aromatic nitrogens is 5. The van der Waals surface area contributed by atoms with Gasteiger partial charge in [0.25, 0.3) is 0 Å². The standard InChI is InChI=1S/C67H49N5/c1-67(2,3)53-28-18-27-52(39-53)64-68-65(70-66(69-64)72-62-37-33-50(46-23-12-6-13-24-46)42-57(62)58-43-51(34-38-63(58)72)47-25-14-7-15-26-47)54-29-16-17-30-59(54)71-60-35-31-48(44-19-8-4-9-20-44)40-55(60)56-41-49(32-36-61(56)71)45-21-10-5-11-22-45/h4-43H,1-3H3. The van der Waals surface area contributed by atoms with E-state index in [1.54, 1.807) is 0 Å². The molecule has 0 saturated carbocycles. The predicted molar refractivity (Wildman–Crippen MR) is 300 cm³/mol. The first kappa shape index (κ1) is 42.9. The van der Waals surface area contributed by atoms with Gasteiger partial charge in [0.15, 0.2) is 11.6 Å². The van der Waals surface area contributed by atoms with Gasteiger partial charge in [-0.3, -0.25) is 4.57 Å². The highest BCUT2D eigenvalue weighted by Gasteiger charge is 2.24. The molecule has 0 unspecified atom stereocenters. The fourth-order valence-electron chi connectivity index (χ4n) is 10.5. The summed E-state index contributed by atoms with van der Waals surface area (Å²) in [5, 5.41) is 4.59. The fourth-order valence-corrected chi connectivity index (χ4v) is 10.5. The number of hydrogen-bond acceptors (Lipinski definition) is 3. The summed E-state index contributed by atoms with van der Waals surface area (Å²) >= 11 is 0. The van der Waals surface area contributed by atoms with Crippen molar-refractivity contribution >= 4 is 43.6 Å². The maximum atomic E-state index is 5.57. The van der Waals surface area contributed by atoms with E-state index in [-0.39, 0.29) is 5.41 Å². The van der Waals surface area contributed by atoms with Gasteiger partial charge in [0, 0.05) is 32.7 Å². The van der Waals surface area contributed by atoms with E-state index in [1.165, 1.54) is 38.6 Å². The molecule has 0 aliphatic carbocycles. The van der Waals surface area contributed by atoms with Crippen LogP contribution in [0.5, 0.6) is 0 Å². The molecule has 0 N–H and O–H groups in total. The molecular weight excluding hydrogens is 875 g/mol. The van der Waals surface area contributed by atoms with Crippen LogP contribution in [0.15, 0.2) is 243 Å². The first-order valence-electron chi connectivity index (χ1n) is 24.7. The Morgan fingerprint density at radius 2 is 0.667 bits per heavy atom. The summed E-state index contributed by atoms with van der Waals surface area (Å²) in [7, 11) is 0. The highest BCUT2D eigenvalue weighted by Crippen LogP contribution is 2.41. The zero-order valence-corrected chi connectivity index (χ0v) is 40.3. The Morgan fingerprint density at radius 3 is 1.10 bits per heavy atom. The Labute approximate surface area is 419 Å². The summed E-state index contributed by atoms with van der Waals surface area (Å²) in [5.41, 5.74) is 17.5. The Morgan fingerprint density at radius 1 is 0.292 bits per heavy atom. The Bertz CT molecular complexity index is 3970. The van der Waals surface area contributed by atoms with Gasteiger partial charge in [-0.05, 0) is 122 Å². The lowest BCUT2D eigenvalue weighted by molar-refractivity contribution is 0.590. The Hall–Kier alpha value is -9.19. The van der Waals surface area contributed by atoms with E-state index in [9.17, 15) is 0 Å². The van der Waals surface area contributed by atoms with Gasteiger partial charge in [-0.25, -0.2) is 4.98 Å². The van der Waals surface area contributed by atoms with Crippen molar-refractivity contribution in [3.63, 3.8) is 0 Å². The molecule has 0 radical (unpaired) electrons. The molecule has 3 aromatic heterocycles. The molecule has 342 valence electrons. The lowest BCUT2D eigenvalue weighted by Crippen LogP contribution is -2.11. The molecule has 0 aliphatic rings. The molecular formula is C67H49N5. The number of hydrogen-bond donors (Lipinski definition) is 0.